The summed E-state index contributed by atoms with van der Waals surface area (Å²) >= 11 is 0. The fraction of sp³-hybridized carbons (Fsp3) is 0.286. The highest BCUT2D eigenvalue weighted by Gasteiger charge is 2.30. The zero-order chi connectivity index (χ0) is 21.3. The minimum atomic E-state index is -0.275. The molecular formula is C21H23N7O2. The van der Waals surface area contributed by atoms with Gasteiger partial charge in [-0.25, -0.2) is 0 Å². The lowest BCUT2D eigenvalue weighted by Crippen LogP contribution is -2.44. The van der Waals surface area contributed by atoms with Crippen LogP contribution in [0.2, 0.25) is 0 Å². The van der Waals surface area contributed by atoms with Crippen LogP contribution < -0.4 is 15.1 Å². The summed E-state index contributed by atoms with van der Waals surface area (Å²) in [6.07, 6.45) is 0.227. The molecule has 0 saturated carbocycles. The van der Waals surface area contributed by atoms with Gasteiger partial charge in [0.25, 0.3) is 5.95 Å². The van der Waals surface area contributed by atoms with Gasteiger partial charge in [-0.15, -0.1) is 0 Å². The minimum absolute atomic E-state index is 0.0547. The largest absolute Gasteiger partial charge is 0.333 e. The first kappa shape index (κ1) is 19.6. The molecule has 4 rings (SSSR count). The molecule has 154 valence electrons. The third-order valence-corrected chi connectivity index (χ3v) is 5.07. The summed E-state index contributed by atoms with van der Waals surface area (Å²) in [5.74, 6) is 0.200. The number of hydrogen-bond donors (Lipinski definition) is 1. The molecule has 0 fully saturated rings. The summed E-state index contributed by atoms with van der Waals surface area (Å²) in [6, 6.07) is 14.9. The third kappa shape index (κ3) is 3.73. The molecule has 30 heavy (non-hydrogen) atoms. The molecule has 0 spiro atoms. The molecular weight excluding hydrogens is 382 g/mol. The van der Waals surface area contributed by atoms with Crippen molar-refractivity contribution in [2.75, 3.05) is 28.7 Å². The van der Waals surface area contributed by atoms with Gasteiger partial charge in [0.1, 0.15) is 6.54 Å². The van der Waals surface area contributed by atoms with E-state index in [1.54, 1.807) is 27.6 Å². The van der Waals surface area contributed by atoms with Crippen molar-refractivity contribution in [2.24, 2.45) is 0 Å². The average Bonchev–Trinajstić information content (AvgIpc) is 3.15. The number of nitrogens with zero attached hydrogens (tertiary/aromatic N) is 6. The first-order valence-electron chi connectivity index (χ1n) is 9.71. The fourth-order valence-corrected chi connectivity index (χ4v) is 3.59. The summed E-state index contributed by atoms with van der Waals surface area (Å²) in [4.78, 5) is 28.8. The second-order valence-electron chi connectivity index (χ2n) is 7.46. The number of amides is 2. The quantitative estimate of drug-likeness (QED) is 0.715. The van der Waals surface area contributed by atoms with E-state index in [4.69, 9.17) is 0 Å². The second-order valence-corrected chi connectivity index (χ2v) is 7.46. The molecule has 9 heteroatoms. The van der Waals surface area contributed by atoms with E-state index in [-0.39, 0.29) is 30.8 Å². The summed E-state index contributed by atoms with van der Waals surface area (Å²) in [5.41, 5.74) is 3.26. The van der Waals surface area contributed by atoms with Gasteiger partial charge in [0, 0.05) is 19.5 Å². The van der Waals surface area contributed by atoms with Crippen molar-refractivity contribution in [2.45, 2.75) is 26.3 Å². The van der Waals surface area contributed by atoms with Crippen molar-refractivity contribution in [3.8, 4) is 5.69 Å². The molecule has 1 aliphatic rings. The number of para-hydroxylation sites is 2. The van der Waals surface area contributed by atoms with Gasteiger partial charge in [0.05, 0.1) is 17.1 Å². The molecule has 1 aliphatic heterocycles. The van der Waals surface area contributed by atoms with Crippen LogP contribution in [0.15, 0.2) is 48.5 Å². The van der Waals surface area contributed by atoms with Crippen LogP contribution in [0.1, 0.15) is 18.9 Å². The molecule has 9 nitrogen and oxygen atoms in total. The molecule has 1 unspecified atom stereocenters. The maximum Gasteiger partial charge on any atom is 0.250 e. The predicted octanol–water partition coefficient (Wildman–Crippen LogP) is 2.17. The Bertz CT molecular complexity index is 1080. The van der Waals surface area contributed by atoms with Crippen LogP contribution in [0.4, 0.5) is 17.3 Å². The van der Waals surface area contributed by atoms with Gasteiger partial charge in [0.2, 0.25) is 11.8 Å². The van der Waals surface area contributed by atoms with E-state index >= 15 is 0 Å². The number of aromatic nitrogens is 4. The van der Waals surface area contributed by atoms with Crippen molar-refractivity contribution in [1.29, 1.82) is 0 Å². The number of fused-ring (bicyclic) bond motifs is 1. The summed E-state index contributed by atoms with van der Waals surface area (Å²) in [7, 11) is 1.77. The molecule has 2 heterocycles. The lowest BCUT2D eigenvalue weighted by Gasteiger charge is -2.29. The third-order valence-electron chi connectivity index (χ3n) is 5.07. The lowest BCUT2D eigenvalue weighted by molar-refractivity contribution is -0.118. The van der Waals surface area contributed by atoms with E-state index in [0.29, 0.717) is 17.3 Å². The summed E-state index contributed by atoms with van der Waals surface area (Å²) < 4.78 is 1.59. The van der Waals surface area contributed by atoms with Crippen LogP contribution in [-0.2, 0) is 9.59 Å². The number of hydrogen-bond acceptors (Lipinski definition) is 6. The number of likely N-dealkylation sites (N-methyl/N-ethyl adjacent to an activating group) is 1. The Morgan fingerprint density at radius 3 is 2.70 bits per heavy atom. The Morgan fingerprint density at radius 2 is 1.93 bits per heavy atom. The Morgan fingerprint density at radius 1 is 1.20 bits per heavy atom. The SMILES string of the molecule is Cc1ccc(-n2nnnc2N(C)CC(=O)N2c3ccccc3NC(=O)CC2C)cc1. The predicted molar refractivity (Wildman–Crippen MR) is 114 cm³/mol. The highest BCUT2D eigenvalue weighted by molar-refractivity contribution is 6.05. The average molecular weight is 405 g/mol. The van der Waals surface area contributed by atoms with Gasteiger partial charge in [-0.3, -0.25) is 9.59 Å². The number of aryl methyl sites for hydroxylation is 1. The molecule has 3 aromatic rings. The maximum absolute atomic E-state index is 13.3. The van der Waals surface area contributed by atoms with Gasteiger partial charge in [0.15, 0.2) is 0 Å². The highest BCUT2D eigenvalue weighted by Crippen LogP contribution is 2.31. The summed E-state index contributed by atoms with van der Waals surface area (Å²) in [5, 5.41) is 14.8. The van der Waals surface area contributed by atoms with Crippen LogP contribution in [0.5, 0.6) is 0 Å². The van der Waals surface area contributed by atoms with E-state index in [9.17, 15) is 9.59 Å². The molecule has 0 radical (unpaired) electrons. The van der Waals surface area contributed by atoms with Crippen LogP contribution in [-0.4, -0.2) is 51.7 Å². The summed E-state index contributed by atoms with van der Waals surface area (Å²) in [6.45, 7) is 3.93. The molecule has 0 bridgehead atoms. The number of tetrazole rings is 1. The van der Waals surface area contributed by atoms with E-state index in [2.05, 4.69) is 20.8 Å². The van der Waals surface area contributed by atoms with E-state index < -0.39 is 0 Å². The first-order valence-corrected chi connectivity index (χ1v) is 9.71. The van der Waals surface area contributed by atoms with Crippen LogP contribution >= 0.6 is 0 Å². The molecule has 1 N–H and O–H groups in total. The number of benzene rings is 2. The topological polar surface area (TPSA) is 96.2 Å². The van der Waals surface area contributed by atoms with Crippen molar-refractivity contribution in [3.63, 3.8) is 0 Å². The first-order chi connectivity index (χ1) is 14.4. The van der Waals surface area contributed by atoms with Gasteiger partial charge in [-0.2, -0.15) is 4.68 Å². The number of nitrogens with one attached hydrogen (secondary N) is 1. The van der Waals surface area contributed by atoms with Crippen molar-refractivity contribution in [3.05, 3.63) is 54.1 Å². The van der Waals surface area contributed by atoms with Gasteiger partial charge in [-0.05, 0) is 48.5 Å². The molecule has 1 atom stereocenters. The van der Waals surface area contributed by atoms with Crippen molar-refractivity contribution < 1.29 is 9.59 Å². The monoisotopic (exact) mass is 405 g/mol. The lowest BCUT2D eigenvalue weighted by atomic mass is 10.1. The van der Waals surface area contributed by atoms with Crippen LogP contribution in [0.3, 0.4) is 0 Å². The Balaban J connectivity index is 1.59. The number of carbonyl (C=O) groups excluding carboxylic acids is 2. The highest BCUT2D eigenvalue weighted by atomic mass is 16.2. The number of rotatable bonds is 4. The second kappa shape index (κ2) is 7.94. The van der Waals surface area contributed by atoms with E-state index in [1.165, 1.54) is 0 Å². The molecule has 0 saturated heterocycles. The van der Waals surface area contributed by atoms with Gasteiger partial charge < -0.3 is 15.1 Å². The fourth-order valence-electron chi connectivity index (χ4n) is 3.59. The zero-order valence-electron chi connectivity index (χ0n) is 17.1. The Hall–Kier alpha value is -3.75. The van der Waals surface area contributed by atoms with Gasteiger partial charge in [-0.1, -0.05) is 34.9 Å². The standard InChI is InChI=1S/C21H23N7O2/c1-14-8-10-16(11-9-14)28-21(23-24-25-28)26(3)13-20(30)27-15(2)12-19(29)22-17-6-4-5-7-18(17)27/h4-11,15H,12-13H2,1-3H3,(H,22,29). The van der Waals surface area contributed by atoms with Crippen molar-refractivity contribution in [1.82, 2.24) is 20.2 Å². The Labute approximate surface area is 174 Å². The van der Waals surface area contributed by atoms with E-state index in [0.717, 1.165) is 11.3 Å². The molecule has 0 aliphatic carbocycles. The van der Waals surface area contributed by atoms with Crippen LogP contribution in [0.25, 0.3) is 5.69 Å². The molecule has 2 amide bonds. The smallest absolute Gasteiger partial charge is 0.250 e. The van der Waals surface area contributed by atoms with Gasteiger partial charge >= 0.3 is 0 Å². The normalized spacial score (nSPS) is 15.9. The Kier molecular flexibility index (Phi) is 5.18. The minimum Gasteiger partial charge on any atom is -0.333 e. The number of carbonyl (C=O) groups is 2. The number of anilines is 3. The zero-order valence-corrected chi connectivity index (χ0v) is 17.1. The van der Waals surface area contributed by atoms with Crippen molar-refractivity contribution >= 4 is 29.1 Å². The van der Waals surface area contributed by atoms with E-state index in [1.807, 2.05) is 56.3 Å². The molecule has 2 aromatic carbocycles. The van der Waals surface area contributed by atoms with Crippen LogP contribution in [0, 0.1) is 6.92 Å². The maximum atomic E-state index is 13.3. The molecule has 1 aromatic heterocycles.